The molecule has 0 unspecified atom stereocenters. The van der Waals surface area contributed by atoms with Gasteiger partial charge in [0.1, 0.15) is 19.0 Å². The fourth-order valence-corrected chi connectivity index (χ4v) is 3.92. The van der Waals surface area contributed by atoms with Crippen molar-refractivity contribution in [3.8, 4) is 11.6 Å². The highest BCUT2D eigenvalue weighted by Gasteiger charge is 2.26. The Morgan fingerprint density at radius 3 is 2.03 bits per heavy atom. The van der Waals surface area contributed by atoms with Gasteiger partial charge in [0.2, 0.25) is 5.88 Å². The quantitative estimate of drug-likeness (QED) is 0.303. The Morgan fingerprint density at radius 1 is 0.722 bits per heavy atom. The van der Waals surface area contributed by atoms with E-state index in [0.717, 1.165) is 37.4 Å². The van der Waals surface area contributed by atoms with Crippen molar-refractivity contribution in [3.05, 3.63) is 53.7 Å². The standard InChI is InChI=1S/C31H51N3O2/c1-28(2,3)26-15-12-16-27(34-26)36-22-20-33-31(9,10)18-17-30(7,8)24-13-11-14-25(23-24)35-21-19-32-29(4,5)6/h11-16,23,32-33H,17-22H2,1-10H3. The molecule has 2 aromatic rings. The molecular weight excluding hydrogens is 446 g/mol. The number of ether oxygens (including phenoxy) is 2. The van der Waals surface area contributed by atoms with Crippen LogP contribution in [0, 0.1) is 0 Å². The van der Waals surface area contributed by atoms with Crippen LogP contribution in [0.1, 0.15) is 93.3 Å². The molecule has 0 amide bonds. The molecule has 0 aliphatic rings. The minimum Gasteiger partial charge on any atom is -0.492 e. The zero-order valence-electron chi connectivity index (χ0n) is 24.5. The average Bonchev–Trinajstić information content (AvgIpc) is 2.78. The van der Waals surface area contributed by atoms with Crippen LogP contribution in [0.5, 0.6) is 11.6 Å². The first-order chi connectivity index (χ1) is 16.6. The summed E-state index contributed by atoms with van der Waals surface area (Å²) in [6, 6.07) is 14.6. The van der Waals surface area contributed by atoms with Gasteiger partial charge in [0, 0.05) is 41.3 Å². The maximum absolute atomic E-state index is 6.02. The molecule has 0 aliphatic heterocycles. The fraction of sp³-hybridized carbons (Fsp3) is 0.645. The van der Waals surface area contributed by atoms with E-state index in [-0.39, 0.29) is 21.9 Å². The number of nitrogens with one attached hydrogen (secondary N) is 2. The SMILES string of the molecule is CC(C)(C)NCCOc1cccc(C(C)(C)CCC(C)(C)NCCOc2cccc(C(C)(C)C)n2)c1. The van der Waals surface area contributed by atoms with E-state index in [2.05, 4.69) is 109 Å². The van der Waals surface area contributed by atoms with Gasteiger partial charge in [0.05, 0.1) is 0 Å². The van der Waals surface area contributed by atoms with Crippen LogP contribution in [0.15, 0.2) is 42.5 Å². The maximum Gasteiger partial charge on any atom is 0.213 e. The van der Waals surface area contributed by atoms with Gasteiger partial charge in [-0.1, -0.05) is 52.8 Å². The second-order valence-corrected chi connectivity index (χ2v) is 13.2. The van der Waals surface area contributed by atoms with E-state index < -0.39 is 0 Å². The van der Waals surface area contributed by atoms with Crippen molar-refractivity contribution < 1.29 is 9.47 Å². The Kier molecular flexibility index (Phi) is 10.4. The minimum absolute atomic E-state index is 0.00799. The smallest absolute Gasteiger partial charge is 0.213 e. The summed E-state index contributed by atoms with van der Waals surface area (Å²) >= 11 is 0. The normalized spacial score (nSPS) is 13.1. The first-order valence-corrected chi connectivity index (χ1v) is 13.4. The van der Waals surface area contributed by atoms with Gasteiger partial charge >= 0.3 is 0 Å². The van der Waals surface area contributed by atoms with Crippen molar-refractivity contribution in [1.82, 2.24) is 15.6 Å². The number of benzene rings is 1. The third-order valence-electron chi connectivity index (χ3n) is 6.46. The largest absolute Gasteiger partial charge is 0.492 e. The highest BCUT2D eigenvalue weighted by atomic mass is 16.5. The zero-order valence-corrected chi connectivity index (χ0v) is 24.5. The van der Waals surface area contributed by atoms with Crippen LogP contribution in [0.25, 0.3) is 0 Å². The lowest BCUT2D eigenvalue weighted by Gasteiger charge is -2.32. The van der Waals surface area contributed by atoms with Gasteiger partial charge in [-0.25, -0.2) is 4.98 Å². The Balaban J connectivity index is 1.81. The van der Waals surface area contributed by atoms with E-state index in [0.29, 0.717) is 19.1 Å². The molecule has 0 saturated carbocycles. The summed E-state index contributed by atoms with van der Waals surface area (Å²) in [6.45, 7) is 25.0. The molecule has 202 valence electrons. The van der Waals surface area contributed by atoms with Crippen LogP contribution in [0.4, 0.5) is 0 Å². The Labute approximate surface area is 220 Å². The van der Waals surface area contributed by atoms with Crippen LogP contribution in [-0.2, 0) is 10.8 Å². The summed E-state index contributed by atoms with van der Waals surface area (Å²) in [5.74, 6) is 1.63. The minimum atomic E-state index is 0.00799. The third-order valence-corrected chi connectivity index (χ3v) is 6.46. The highest BCUT2D eigenvalue weighted by Crippen LogP contribution is 2.33. The van der Waals surface area contributed by atoms with Crippen LogP contribution >= 0.6 is 0 Å². The van der Waals surface area contributed by atoms with E-state index in [1.54, 1.807) is 0 Å². The molecule has 2 rings (SSSR count). The first-order valence-electron chi connectivity index (χ1n) is 13.4. The van der Waals surface area contributed by atoms with Crippen molar-refractivity contribution in [3.63, 3.8) is 0 Å². The molecule has 0 spiro atoms. The molecule has 0 radical (unpaired) electrons. The molecule has 0 fully saturated rings. The van der Waals surface area contributed by atoms with Crippen LogP contribution < -0.4 is 20.1 Å². The number of pyridine rings is 1. The zero-order chi connectivity index (χ0) is 27.0. The van der Waals surface area contributed by atoms with Gasteiger partial charge < -0.3 is 20.1 Å². The fourth-order valence-electron chi connectivity index (χ4n) is 3.92. The second kappa shape index (κ2) is 12.4. The summed E-state index contributed by atoms with van der Waals surface area (Å²) in [4.78, 5) is 4.66. The van der Waals surface area contributed by atoms with Crippen LogP contribution in [0.2, 0.25) is 0 Å². The monoisotopic (exact) mass is 497 g/mol. The number of hydrogen-bond acceptors (Lipinski definition) is 5. The van der Waals surface area contributed by atoms with Gasteiger partial charge in [-0.05, 0) is 76.6 Å². The Morgan fingerprint density at radius 2 is 1.36 bits per heavy atom. The third kappa shape index (κ3) is 10.9. The van der Waals surface area contributed by atoms with E-state index in [4.69, 9.17) is 9.47 Å². The molecule has 0 aliphatic carbocycles. The van der Waals surface area contributed by atoms with Gasteiger partial charge in [0.15, 0.2) is 0 Å². The van der Waals surface area contributed by atoms with E-state index >= 15 is 0 Å². The van der Waals surface area contributed by atoms with Crippen LogP contribution in [-0.4, -0.2) is 42.4 Å². The summed E-state index contributed by atoms with van der Waals surface area (Å²) in [6.07, 6.45) is 2.12. The lowest BCUT2D eigenvalue weighted by Crippen LogP contribution is -2.42. The predicted molar refractivity (Wildman–Crippen MR) is 152 cm³/mol. The molecule has 2 N–H and O–H groups in total. The maximum atomic E-state index is 6.02. The van der Waals surface area contributed by atoms with Crippen molar-refractivity contribution in [2.45, 2.75) is 104 Å². The highest BCUT2D eigenvalue weighted by molar-refractivity contribution is 5.33. The number of aromatic nitrogens is 1. The van der Waals surface area contributed by atoms with Crippen molar-refractivity contribution in [2.24, 2.45) is 0 Å². The van der Waals surface area contributed by atoms with Crippen LogP contribution in [0.3, 0.4) is 0 Å². The lowest BCUT2D eigenvalue weighted by molar-refractivity contribution is 0.258. The molecule has 1 heterocycles. The predicted octanol–water partition coefficient (Wildman–Crippen LogP) is 6.65. The molecule has 5 nitrogen and oxygen atoms in total. The molecule has 1 aromatic carbocycles. The average molecular weight is 498 g/mol. The van der Waals surface area contributed by atoms with Gasteiger partial charge in [0.25, 0.3) is 0 Å². The molecule has 1 aromatic heterocycles. The summed E-state index contributed by atoms with van der Waals surface area (Å²) in [7, 11) is 0. The number of rotatable bonds is 13. The van der Waals surface area contributed by atoms with E-state index in [9.17, 15) is 0 Å². The van der Waals surface area contributed by atoms with Crippen molar-refractivity contribution in [1.29, 1.82) is 0 Å². The number of hydrogen-bond donors (Lipinski definition) is 2. The summed E-state index contributed by atoms with van der Waals surface area (Å²) in [5, 5.41) is 7.14. The van der Waals surface area contributed by atoms with Crippen molar-refractivity contribution in [2.75, 3.05) is 26.3 Å². The van der Waals surface area contributed by atoms with Gasteiger partial charge in [-0.3, -0.25) is 0 Å². The van der Waals surface area contributed by atoms with Gasteiger partial charge in [-0.2, -0.15) is 0 Å². The second-order valence-electron chi connectivity index (χ2n) is 13.2. The topological polar surface area (TPSA) is 55.4 Å². The molecule has 5 heteroatoms. The van der Waals surface area contributed by atoms with Gasteiger partial charge in [-0.15, -0.1) is 0 Å². The molecule has 0 bridgehead atoms. The Hall–Kier alpha value is -2.11. The molecule has 36 heavy (non-hydrogen) atoms. The number of nitrogens with zero attached hydrogens (tertiary/aromatic N) is 1. The molecular formula is C31H51N3O2. The Bertz CT molecular complexity index is 939. The summed E-state index contributed by atoms with van der Waals surface area (Å²) in [5.41, 5.74) is 2.54. The first kappa shape index (κ1) is 30.1. The van der Waals surface area contributed by atoms with E-state index in [1.807, 2.05) is 18.2 Å². The van der Waals surface area contributed by atoms with Crippen molar-refractivity contribution >= 4 is 0 Å². The lowest BCUT2D eigenvalue weighted by atomic mass is 9.77. The molecule has 0 saturated heterocycles. The molecule has 0 atom stereocenters. The van der Waals surface area contributed by atoms with E-state index in [1.165, 1.54) is 5.56 Å². The summed E-state index contributed by atoms with van der Waals surface area (Å²) < 4.78 is 11.9.